The summed E-state index contributed by atoms with van der Waals surface area (Å²) in [6.07, 6.45) is 4.80. The normalized spacial score (nSPS) is 19.5. The van der Waals surface area contributed by atoms with Crippen LogP contribution in [0.5, 0.6) is 0 Å². The van der Waals surface area contributed by atoms with E-state index in [9.17, 15) is 0 Å². The molecule has 6 heteroatoms. The lowest BCUT2D eigenvalue weighted by Gasteiger charge is -2.51. The van der Waals surface area contributed by atoms with Crippen molar-refractivity contribution in [1.82, 2.24) is 0 Å². The fraction of sp³-hybridized carbons (Fsp3) is 0.250. The summed E-state index contributed by atoms with van der Waals surface area (Å²) in [6.45, 7) is 19.3. The average molecular weight is 944 g/mol. The van der Waals surface area contributed by atoms with Crippen molar-refractivity contribution in [3.05, 3.63) is 174 Å². The highest BCUT2D eigenvalue weighted by atomic mass is 32.1. The molecule has 14 rings (SSSR count). The molecule has 5 heterocycles. The van der Waals surface area contributed by atoms with Gasteiger partial charge in [0, 0.05) is 75.2 Å². The van der Waals surface area contributed by atoms with E-state index in [2.05, 4.69) is 228 Å². The molecule has 10 aromatic rings. The molecule has 0 radical (unpaired) electrons. The predicted molar refractivity (Wildman–Crippen MR) is 306 cm³/mol. The van der Waals surface area contributed by atoms with Crippen LogP contribution in [-0.4, -0.2) is 12.3 Å². The Bertz CT molecular complexity index is 3850. The molecule has 0 saturated heterocycles. The Balaban J connectivity index is 1.16. The monoisotopic (exact) mass is 943 g/mol. The summed E-state index contributed by atoms with van der Waals surface area (Å²) in [7, 11) is 0. The van der Waals surface area contributed by atoms with Crippen molar-refractivity contribution in [1.29, 1.82) is 0 Å². The third-order valence-corrected chi connectivity index (χ3v) is 19.6. The van der Waals surface area contributed by atoms with Crippen LogP contribution in [0.25, 0.3) is 40.3 Å². The van der Waals surface area contributed by atoms with Gasteiger partial charge in [-0.05, 0) is 124 Å². The number of benzene rings is 8. The minimum atomic E-state index is -0.123. The molecular weight excluding hydrogens is 886 g/mol. The number of hydrogen-bond acceptors (Lipinski definition) is 5. The third-order valence-electron chi connectivity index (χ3n) is 17.3. The van der Waals surface area contributed by atoms with E-state index in [0.29, 0.717) is 0 Å². The van der Waals surface area contributed by atoms with Crippen molar-refractivity contribution in [3.8, 4) is 0 Å². The van der Waals surface area contributed by atoms with Crippen LogP contribution in [0.15, 0.2) is 158 Å². The number of hydrogen-bond donors (Lipinski definition) is 0. The van der Waals surface area contributed by atoms with E-state index in [1.54, 1.807) is 0 Å². The molecular formula is C64H58BN3S2. The maximum Gasteiger partial charge on any atom is 0.252 e. The van der Waals surface area contributed by atoms with Crippen molar-refractivity contribution in [2.24, 2.45) is 0 Å². The van der Waals surface area contributed by atoms with Crippen molar-refractivity contribution < 1.29 is 0 Å². The van der Waals surface area contributed by atoms with Gasteiger partial charge in [-0.1, -0.05) is 158 Å². The molecule has 2 unspecified atom stereocenters. The van der Waals surface area contributed by atoms with Crippen molar-refractivity contribution >= 4 is 132 Å². The molecule has 8 aromatic carbocycles. The molecule has 3 nitrogen and oxygen atoms in total. The molecule has 344 valence electrons. The first kappa shape index (κ1) is 42.5. The number of thiophene rings is 2. The van der Waals surface area contributed by atoms with Gasteiger partial charge < -0.3 is 14.7 Å². The maximum atomic E-state index is 2.81. The summed E-state index contributed by atoms with van der Waals surface area (Å²) < 4.78 is 5.28. The van der Waals surface area contributed by atoms with E-state index >= 15 is 0 Å². The Morgan fingerprint density at radius 3 is 1.71 bits per heavy atom. The van der Waals surface area contributed by atoms with Crippen LogP contribution in [0.1, 0.15) is 97.8 Å². The average Bonchev–Trinajstić information content (AvgIpc) is 3.99. The first-order valence-corrected chi connectivity index (χ1v) is 27.1. The quantitative estimate of drug-likeness (QED) is 0.163. The minimum Gasteiger partial charge on any atom is -0.334 e. The lowest BCUT2D eigenvalue weighted by atomic mass is 9.33. The number of fused-ring (bicyclic) bond motifs is 13. The second-order valence-corrected chi connectivity index (χ2v) is 25.4. The topological polar surface area (TPSA) is 9.72 Å². The minimum absolute atomic E-state index is 0.00660. The van der Waals surface area contributed by atoms with Crippen LogP contribution >= 0.6 is 22.7 Å². The van der Waals surface area contributed by atoms with Crippen LogP contribution < -0.4 is 31.1 Å². The molecule has 1 aliphatic carbocycles. The Kier molecular flexibility index (Phi) is 8.88. The van der Waals surface area contributed by atoms with E-state index < -0.39 is 0 Å². The van der Waals surface area contributed by atoms with Crippen LogP contribution in [0, 0.1) is 0 Å². The van der Waals surface area contributed by atoms with E-state index in [4.69, 9.17) is 0 Å². The molecule has 0 bridgehead atoms. The predicted octanol–water partition coefficient (Wildman–Crippen LogP) is 16.8. The van der Waals surface area contributed by atoms with Gasteiger partial charge in [0.05, 0.1) is 21.6 Å². The fourth-order valence-electron chi connectivity index (χ4n) is 13.5. The molecule has 1 fully saturated rings. The van der Waals surface area contributed by atoms with E-state index in [0.717, 1.165) is 6.42 Å². The van der Waals surface area contributed by atoms with Crippen molar-refractivity contribution in [2.45, 2.75) is 103 Å². The third kappa shape index (κ3) is 5.75. The van der Waals surface area contributed by atoms with Gasteiger partial charge in [0.2, 0.25) is 0 Å². The van der Waals surface area contributed by atoms with Crippen molar-refractivity contribution in [3.63, 3.8) is 0 Å². The Hall–Kier alpha value is -6.34. The van der Waals surface area contributed by atoms with Gasteiger partial charge >= 0.3 is 0 Å². The summed E-state index contributed by atoms with van der Waals surface area (Å²) in [4.78, 5) is 8.20. The summed E-state index contributed by atoms with van der Waals surface area (Å²) in [5.74, 6) is 0. The van der Waals surface area contributed by atoms with E-state index in [1.165, 1.54) is 138 Å². The Morgan fingerprint density at radius 2 is 1.01 bits per heavy atom. The molecule has 4 aliphatic rings. The van der Waals surface area contributed by atoms with Crippen LogP contribution in [0.3, 0.4) is 0 Å². The Labute approximate surface area is 421 Å². The van der Waals surface area contributed by atoms with Crippen LogP contribution in [-0.2, 0) is 16.2 Å². The Morgan fingerprint density at radius 1 is 0.471 bits per heavy atom. The highest BCUT2D eigenvalue weighted by Gasteiger charge is 2.58. The zero-order valence-corrected chi connectivity index (χ0v) is 43.2. The molecule has 2 aromatic heterocycles. The van der Waals surface area contributed by atoms with E-state index in [1.807, 2.05) is 22.7 Å². The first-order chi connectivity index (χ1) is 33.7. The molecule has 3 aliphatic heterocycles. The van der Waals surface area contributed by atoms with Gasteiger partial charge in [-0.2, -0.15) is 0 Å². The van der Waals surface area contributed by atoms with E-state index in [-0.39, 0.29) is 28.5 Å². The van der Waals surface area contributed by atoms with Crippen LogP contribution in [0.4, 0.5) is 45.5 Å². The smallest absolute Gasteiger partial charge is 0.252 e. The number of anilines is 8. The largest absolute Gasteiger partial charge is 0.334 e. The lowest BCUT2D eigenvalue weighted by molar-refractivity contribution is 0.195. The number of rotatable bonds is 3. The van der Waals surface area contributed by atoms with Gasteiger partial charge in [-0.15, -0.1) is 22.7 Å². The van der Waals surface area contributed by atoms with Crippen LogP contribution in [0.2, 0.25) is 0 Å². The van der Waals surface area contributed by atoms with Gasteiger partial charge in [0.25, 0.3) is 6.71 Å². The SMILES string of the molecule is CC(C)(C)c1ccc2c(c1)B1c3cc(C(C)(C)C)ccc3N(c3cccc4sc5ccccc5c34)c3cc(N4c5ccccc5C5(C)CCCCC45C)cc(c31)N2c1cccc2c1sc1ccccc12. The summed E-state index contributed by atoms with van der Waals surface area (Å²) in [5.41, 5.74) is 18.3. The molecule has 2 atom stereocenters. The van der Waals surface area contributed by atoms with Gasteiger partial charge in [-0.3, -0.25) is 0 Å². The second-order valence-electron chi connectivity index (χ2n) is 23.2. The maximum absolute atomic E-state index is 2.81. The molecule has 0 N–H and O–H groups in total. The molecule has 0 amide bonds. The zero-order valence-electron chi connectivity index (χ0n) is 41.6. The molecule has 1 saturated carbocycles. The standard InChI is InChI=1S/C64H58BN3S2/c1-61(2,3)39-29-31-49-46(35-39)65-47-36-40(62(4,5)6)30-32-50(47)67(52-25-17-21-43-42-19-9-13-26-55(42)70-60(43)52)54-38-41(68-48-23-12-11-22-45(48)63(7)33-15-16-34-64(63,68)8)37-53(59(54)65)66(49)51-24-18-28-57-58(51)44-20-10-14-27-56(44)69-57/h9-14,17-32,35-38H,15-16,33-34H2,1-8H3. The first-order valence-electron chi connectivity index (χ1n) is 25.5. The highest BCUT2D eigenvalue weighted by Crippen LogP contribution is 2.62. The fourth-order valence-corrected chi connectivity index (χ4v) is 15.9. The van der Waals surface area contributed by atoms with Gasteiger partial charge in [-0.25, -0.2) is 0 Å². The highest BCUT2D eigenvalue weighted by molar-refractivity contribution is 7.26. The van der Waals surface area contributed by atoms with Gasteiger partial charge in [0.1, 0.15) is 0 Å². The molecule has 70 heavy (non-hydrogen) atoms. The van der Waals surface area contributed by atoms with Gasteiger partial charge in [0.15, 0.2) is 0 Å². The van der Waals surface area contributed by atoms with Crippen molar-refractivity contribution in [2.75, 3.05) is 14.7 Å². The molecule has 0 spiro atoms. The number of nitrogens with zero attached hydrogens (tertiary/aromatic N) is 3. The summed E-state index contributed by atoms with van der Waals surface area (Å²) in [6, 6.07) is 61.7. The lowest BCUT2D eigenvalue weighted by Crippen LogP contribution is -2.62. The summed E-state index contributed by atoms with van der Waals surface area (Å²) >= 11 is 3.84. The summed E-state index contributed by atoms with van der Waals surface area (Å²) in [5, 5.41) is 5.27. The zero-order chi connectivity index (χ0) is 47.6. The second kappa shape index (κ2) is 14.6. The number of para-hydroxylation sites is 1.